The number of aliphatic hydroxyl groups excluding tert-OH is 1. The molecule has 3 rings (SSSR count). The zero-order valence-corrected chi connectivity index (χ0v) is 14.5. The minimum Gasteiger partial charge on any atom is -0.497 e. The Morgan fingerprint density at radius 2 is 2.17 bits per heavy atom. The number of fused-ring (bicyclic) bond motifs is 3. The molecule has 0 radical (unpaired) electrons. The molecule has 128 valence electrons. The van der Waals surface area contributed by atoms with E-state index in [1.807, 2.05) is 18.2 Å². The average Bonchev–Trinajstić information content (AvgIpc) is 2.54. The number of nitrogens with zero attached hydrogens (tertiary/aromatic N) is 2. The zero-order valence-electron chi connectivity index (χ0n) is 14.5. The monoisotopic (exact) mass is 329 g/mol. The van der Waals surface area contributed by atoms with Gasteiger partial charge in [0.05, 0.1) is 19.4 Å². The third-order valence-corrected chi connectivity index (χ3v) is 4.56. The van der Waals surface area contributed by atoms with Gasteiger partial charge in [-0.25, -0.2) is 4.98 Å². The van der Waals surface area contributed by atoms with E-state index in [0.29, 0.717) is 18.2 Å². The van der Waals surface area contributed by atoms with Crippen molar-refractivity contribution in [3.63, 3.8) is 0 Å². The third kappa shape index (κ3) is 2.57. The topological polar surface area (TPSA) is 76.4 Å². The second kappa shape index (κ2) is 5.94. The summed E-state index contributed by atoms with van der Waals surface area (Å²) in [5, 5.41) is 12.0. The average molecular weight is 329 g/mol. The van der Waals surface area contributed by atoms with E-state index in [1.165, 1.54) is 4.57 Å². The van der Waals surface area contributed by atoms with E-state index in [1.54, 1.807) is 14.2 Å². The lowest BCUT2D eigenvalue weighted by atomic mass is 9.72. The first-order valence-corrected chi connectivity index (χ1v) is 8.02. The number of anilines is 1. The van der Waals surface area contributed by atoms with Crippen LogP contribution in [-0.4, -0.2) is 34.9 Å². The summed E-state index contributed by atoms with van der Waals surface area (Å²) in [5.41, 5.74) is 3.18. The molecule has 1 aromatic carbocycles. The summed E-state index contributed by atoms with van der Waals surface area (Å²) in [4.78, 5) is 17.6. The van der Waals surface area contributed by atoms with Crippen LogP contribution in [0.3, 0.4) is 0 Å². The minimum atomic E-state index is -0.313. The molecule has 1 heterocycles. The number of nitrogens with one attached hydrogen (secondary N) is 1. The molecule has 0 amide bonds. The van der Waals surface area contributed by atoms with Crippen molar-refractivity contribution in [3.8, 4) is 17.0 Å². The maximum Gasteiger partial charge on any atom is 0.259 e. The van der Waals surface area contributed by atoms with Gasteiger partial charge in [0.2, 0.25) is 5.95 Å². The van der Waals surface area contributed by atoms with Crippen LogP contribution >= 0.6 is 0 Å². The van der Waals surface area contributed by atoms with Crippen LogP contribution in [0.25, 0.3) is 11.3 Å². The van der Waals surface area contributed by atoms with E-state index in [0.717, 1.165) is 28.9 Å². The molecule has 0 atom stereocenters. The van der Waals surface area contributed by atoms with Crippen molar-refractivity contribution in [1.82, 2.24) is 9.55 Å². The Kier molecular flexibility index (Phi) is 4.09. The van der Waals surface area contributed by atoms with E-state index in [9.17, 15) is 4.79 Å². The van der Waals surface area contributed by atoms with Crippen LogP contribution in [0, 0.1) is 0 Å². The largest absolute Gasteiger partial charge is 0.497 e. The molecule has 6 heteroatoms. The van der Waals surface area contributed by atoms with E-state index >= 15 is 0 Å². The van der Waals surface area contributed by atoms with Gasteiger partial charge in [-0.05, 0) is 30.2 Å². The van der Waals surface area contributed by atoms with Crippen LogP contribution in [0.1, 0.15) is 25.0 Å². The van der Waals surface area contributed by atoms with Gasteiger partial charge in [0.15, 0.2) is 0 Å². The molecule has 0 saturated carbocycles. The van der Waals surface area contributed by atoms with Gasteiger partial charge in [-0.15, -0.1) is 0 Å². The Labute approximate surface area is 141 Å². The molecule has 24 heavy (non-hydrogen) atoms. The minimum absolute atomic E-state index is 0.0216. The summed E-state index contributed by atoms with van der Waals surface area (Å²) in [7, 11) is 3.35. The SMILES string of the molecule is COc1ccc2c(c1)CC(C)(C)c1c-2nc(NCCO)n(C)c1=O. The molecule has 2 N–H and O–H groups in total. The molecule has 0 fully saturated rings. The van der Waals surface area contributed by atoms with Gasteiger partial charge in [0.25, 0.3) is 5.56 Å². The van der Waals surface area contributed by atoms with Crippen LogP contribution in [0.15, 0.2) is 23.0 Å². The molecule has 6 nitrogen and oxygen atoms in total. The predicted octanol–water partition coefficient (Wildman–Crippen LogP) is 1.69. The van der Waals surface area contributed by atoms with Gasteiger partial charge in [-0.2, -0.15) is 0 Å². The molecule has 0 spiro atoms. The van der Waals surface area contributed by atoms with Crippen molar-refractivity contribution < 1.29 is 9.84 Å². The number of aliphatic hydroxyl groups is 1. The lowest BCUT2D eigenvalue weighted by Gasteiger charge is -2.33. The first kappa shape index (κ1) is 16.5. The quantitative estimate of drug-likeness (QED) is 0.893. The summed E-state index contributed by atoms with van der Waals surface area (Å²) < 4.78 is 6.85. The van der Waals surface area contributed by atoms with Crippen molar-refractivity contribution in [3.05, 3.63) is 39.7 Å². The summed E-state index contributed by atoms with van der Waals surface area (Å²) in [6, 6.07) is 5.87. The number of hydrogen-bond acceptors (Lipinski definition) is 5. The number of rotatable bonds is 4. The van der Waals surface area contributed by atoms with Crippen LogP contribution in [-0.2, 0) is 18.9 Å². The first-order valence-electron chi connectivity index (χ1n) is 8.02. The highest BCUT2D eigenvalue weighted by atomic mass is 16.5. The molecule has 0 aliphatic heterocycles. The van der Waals surface area contributed by atoms with Gasteiger partial charge in [-0.3, -0.25) is 9.36 Å². The molecule has 1 aromatic heterocycles. The summed E-state index contributed by atoms with van der Waals surface area (Å²) in [6.07, 6.45) is 0.757. The predicted molar refractivity (Wildman–Crippen MR) is 93.8 cm³/mol. The third-order valence-electron chi connectivity index (χ3n) is 4.56. The van der Waals surface area contributed by atoms with E-state index in [4.69, 9.17) is 14.8 Å². The Morgan fingerprint density at radius 1 is 1.42 bits per heavy atom. The molecule has 0 saturated heterocycles. The number of aromatic nitrogens is 2. The van der Waals surface area contributed by atoms with Crippen molar-refractivity contribution in [2.45, 2.75) is 25.7 Å². The van der Waals surface area contributed by atoms with Crippen LogP contribution in [0.5, 0.6) is 5.75 Å². The zero-order chi connectivity index (χ0) is 17.5. The highest BCUT2D eigenvalue weighted by Crippen LogP contribution is 2.41. The molecule has 1 aliphatic rings. The molecule has 0 bridgehead atoms. The Bertz CT molecular complexity index is 840. The fraction of sp³-hybridized carbons (Fsp3) is 0.444. The Morgan fingerprint density at radius 3 is 2.83 bits per heavy atom. The van der Waals surface area contributed by atoms with Gasteiger partial charge in [0.1, 0.15) is 5.75 Å². The standard InChI is InChI=1S/C18H23N3O3/c1-18(2)10-11-9-12(24-4)5-6-13(11)15-14(18)16(23)21(3)17(20-15)19-7-8-22/h5-6,9,22H,7-8,10H2,1-4H3,(H,19,20). The number of methoxy groups -OCH3 is 1. The highest BCUT2D eigenvalue weighted by molar-refractivity contribution is 5.73. The summed E-state index contributed by atoms with van der Waals surface area (Å²) >= 11 is 0. The van der Waals surface area contributed by atoms with E-state index < -0.39 is 0 Å². The van der Waals surface area contributed by atoms with Crippen LogP contribution < -0.4 is 15.6 Å². The van der Waals surface area contributed by atoms with Crippen molar-refractivity contribution in [2.75, 3.05) is 25.6 Å². The smallest absolute Gasteiger partial charge is 0.259 e. The molecular formula is C18H23N3O3. The van der Waals surface area contributed by atoms with E-state index in [2.05, 4.69) is 19.2 Å². The van der Waals surface area contributed by atoms with Crippen molar-refractivity contribution in [2.24, 2.45) is 7.05 Å². The van der Waals surface area contributed by atoms with Crippen LogP contribution in [0.4, 0.5) is 5.95 Å². The Hall–Kier alpha value is -2.34. The fourth-order valence-electron chi connectivity index (χ4n) is 3.37. The molecule has 1 aliphatic carbocycles. The van der Waals surface area contributed by atoms with E-state index in [-0.39, 0.29) is 17.6 Å². The van der Waals surface area contributed by atoms with Gasteiger partial charge in [0, 0.05) is 30.1 Å². The van der Waals surface area contributed by atoms with Gasteiger partial charge < -0.3 is 15.2 Å². The number of benzene rings is 1. The normalized spacial score (nSPS) is 14.7. The first-order chi connectivity index (χ1) is 11.4. The number of ether oxygens (including phenoxy) is 1. The summed E-state index contributed by atoms with van der Waals surface area (Å²) in [6.45, 7) is 4.46. The second-order valence-electron chi connectivity index (χ2n) is 6.76. The lowest BCUT2D eigenvalue weighted by Crippen LogP contribution is -2.38. The van der Waals surface area contributed by atoms with Gasteiger partial charge in [-0.1, -0.05) is 13.8 Å². The molecule has 0 unspecified atom stereocenters. The lowest BCUT2D eigenvalue weighted by molar-refractivity contribution is 0.310. The second-order valence-corrected chi connectivity index (χ2v) is 6.76. The van der Waals surface area contributed by atoms with Crippen LogP contribution in [0.2, 0.25) is 0 Å². The van der Waals surface area contributed by atoms with Crippen molar-refractivity contribution in [1.29, 1.82) is 0 Å². The Balaban J connectivity index is 2.26. The van der Waals surface area contributed by atoms with Gasteiger partial charge >= 0.3 is 0 Å². The number of hydrogen-bond donors (Lipinski definition) is 2. The fourth-order valence-corrected chi connectivity index (χ4v) is 3.37. The van der Waals surface area contributed by atoms with Crippen molar-refractivity contribution >= 4 is 5.95 Å². The molecular weight excluding hydrogens is 306 g/mol. The molecule has 2 aromatic rings. The maximum absolute atomic E-state index is 12.9. The summed E-state index contributed by atoms with van der Waals surface area (Å²) in [5.74, 6) is 1.27. The maximum atomic E-state index is 12.9. The highest BCUT2D eigenvalue weighted by Gasteiger charge is 2.36.